The van der Waals surface area contributed by atoms with E-state index >= 15 is 0 Å². The molecule has 4 rings (SSSR count). The molecule has 2 N–H and O–H groups in total. The van der Waals surface area contributed by atoms with Gasteiger partial charge in [0.05, 0.1) is 24.4 Å². The normalized spacial score (nSPS) is 24.2. The number of anilines is 1. The van der Waals surface area contributed by atoms with E-state index in [1.54, 1.807) is 0 Å². The van der Waals surface area contributed by atoms with Gasteiger partial charge in [-0.15, -0.1) is 6.58 Å². The van der Waals surface area contributed by atoms with Gasteiger partial charge in [-0.05, 0) is 42.9 Å². The van der Waals surface area contributed by atoms with Crippen molar-refractivity contribution in [3.8, 4) is 5.75 Å². The second kappa shape index (κ2) is 9.43. The molecule has 5 nitrogen and oxygen atoms in total. The summed E-state index contributed by atoms with van der Waals surface area (Å²) in [6, 6.07) is 18.4. The highest BCUT2D eigenvalue weighted by Crippen LogP contribution is 2.41. The summed E-state index contributed by atoms with van der Waals surface area (Å²) >= 11 is 0. The molecule has 4 atom stereocenters. The fourth-order valence-electron chi connectivity index (χ4n) is 4.70. The Kier molecular flexibility index (Phi) is 6.65. The van der Waals surface area contributed by atoms with Crippen LogP contribution in [0.25, 0.3) is 0 Å². The highest BCUT2D eigenvalue weighted by Gasteiger charge is 2.42. The first kappa shape index (κ1) is 21.9. The van der Waals surface area contributed by atoms with Crippen LogP contribution in [0.1, 0.15) is 37.8 Å². The SMILES string of the molecule is C=CC(C)CCC(O)(CN1c2ccccc2OCC1c1ccccc1)N1CCC(O)C1. The molecule has 2 aliphatic heterocycles. The monoisotopic (exact) mass is 422 g/mol. The van der Waals surface area contributed by atoms with Crippen LogP contribution in [0.3, 0.4) is 0 Å². The summed E-state index contributed by atoms with van der Waals surface area (Å²) in [5, 5.41) is 22.2. The van der Waals surface area contributed by atoms with E-state index in [0.717, 1.165) is 17.9 Å². The van der Waals surface area contributed by atoms with Crippen molar-refractivity contribution in [2.24, 2.45) is 5.92 Å². The Morgan fingerprint density at radius 1 is 1.19 bits per heavy atom. The van der Waals surface area contributed by atoms with Crippen LogP contribution in [-0.2, 0) is 0 Å². The van der Waals surface area contributed by atoms with Crippen molar-refractivity contribution in [3.63, 3.8) is 0 Å². The second-order valence-electron chi connectivity index (χ2n) is 8.96. The molecule has 0 aromatic heterocycles. The Bertz CT molecular complexity index is 874. The molecule has 0 saturated carbocycles. The Morgan fingerprint density at radius 2 is 1.94 bits per heavy atom. The van der Waals surface area contributed by atoms with Gasteiger partial charge in [0, 0.05) is 13.1 Å². The molecule has 2 aromatic rings. The third-order valence-electron chi connectivity index (χ3n) is 6.71. The Labute approximate surface area is 185 Å². The molecule has 2 heterocycles. The molecule has 5 heteroatoms. The van der Waals surface area contributed by atoms with Crippen molar-refractivity contribution < 1.29 is 14.9 Å². The molecular weight excluding hydrogens is 388 g/mol. The second-order valence-corrected chi connectivity index (χ2v) is 8.96. The first-order chi connectivity index (χ1) is 15.0. The summed E-state index contributed by atoms with van der Waals surface area (Å²) in [7, 11) is 0. The van der Waals surface area contributed by atoms with Crippen LogP contribution in [-0.4, -0.2) is 53.2 Å². The third kappa shape index (κ3) is 4.79. The standard InChI is InChI=1S/C26H34N2O3/c1-3-20(2)13-15-26(30,27-16-14-22(29)17-27)19-28-23-11-7-8-12-25(23)31-18-24(28)21-9-5-4-6-10-21/h3-12,20,22,24,29-30H,1,13-19H2,2H3. The maximum atomic E-state index is 12.0. The zero-order valence-electron chi connectivity index (χ0n) is 18.4. The highest BCUT2D eigenvalue weighted by molar-refractivity contribution is 5.61. The number of hydrogen-bond donors (Lipinski definition) is 2. The van der Waals surface area contributed by atoms with Crippen molar-refractivity contribution in [2.75, 3.05) is 31.1 Å². The minimum atomic E-state index is -1.05. The third-order valence-corrected chi connectivity index (χ3v) is 6.71. The predicted octanol–water partition coefficient (Wildman–Crippen LogP) is 3.98. The minimum absolute atomic E-state index is 0.00646. The molecule has 0 bridgehead atoms. The lowest BCUT2D eigenvalue weighted by atomic mass is 9.95. The van der Waals surface area contributed by atoms with Crippen molar-refractivity contribution in [1.29, 1.82) is 0 Å². The van der Waals surface area contributed by atoms with Crippen LogP contribution in [0.2, 0.25) is 0 Å². The predicted molar refractivity (Wildman–Crippen MR) is 124 cm³/mol. The van der Waals surface area contributed by atoms with E-state index in [4.69, 9.17) is 4.74 Å². The molecule has 1 saturated heterocycles. The maximum absolute atomic E-state index is 12.0. The van der Waals surface area contributed by atoms with Crippen molar-refractivity contribution in [1.82, 2.24) is 4.90 Å². The van der Waals surface area contributed by atoms with E-state index in [2.05, 4.69) is 41.5 Å². The molecule has 166 valence electrons. The van der Waals surface area contributed by atoms with Gasteiger partial charge in [0.2, 0.25) is 0 Å². The smallest absolute Gasteiger partial charge is 0.142 e. The average Bonchev–Trinajstić information content (AvgIpc) is 3.25. The first-order valence-electron chi connectivity index (χ1n) is 11.3. The zero-order valence-corrected chi connectivity index (χ0v) is 18.4. The Balaban J connectivity index is 1.68. The van der Waals surface area contributed by atoms with Gasteiger partial charge in [-0.2, -0.15) is 0 Å². The van der Waals surface area contributed by atoms with Crippen molar-refractivity contribution >= 4 is 5.69 Å². The number of rotatable bonds is 8. The minimum Gasteiger partial charge on any atom is -0.489 e. The van der Waals surface area contributed by atoms with E-state index in [0.29, 0.717) is 45.0 Å². The van der Waals surface area contributed by atoms with Crippen LogP contribution in [0.5, 0.6) is 5.75 Å². The number of ether oxygens (including phenoxy) is 1. The maximum Gasteiger partial charge on any atom is 0.142 e. The lowest BCUT2D eigenvalue weighted by molar-refractivity contribution is -0.104. The largest absolute Gasteiger partial charge is 0.489 e. The quantitative estimate of drug-likeness (QED) is 0.630. The van der Waals surface area contributed by atoms with Crippen LogP contribution in [0.4, 0.5) is 5.69 Å². The van der Waals surface area contributed by atoms with E-state index < -0.39 is 5.72 Å². The van der Waals surface area contributed by atoms with Gasteiger partial charge in [-0.25, -0.2) is 0 Å². The first-order valence-corrected chi connectivity index (χ1v) is 11.3. The number of hydrogen-bond acceptors (Lipinski definition) is 5. The van der Waals surface area contributed by atoms with E-state index in [-0.39, 0.29) is 12.1 Å². The Hall–Kier alpha value is -2.34. The van der Waals surface area contributed by atoms with Gasteiger partial charge < -0.3 is 19.8 Å². The number of likely N-dealkylation sites (tertiary alicyclic amines) is 1. The molecule has 31 heavy (non-hydrogen) atoms. The number of fused-ring (bicyclic) bond motifs is 1. The van der Waals surface area contributed by atoms with Gasteiger partial charge >= 0.3 is 0 Å². The summed E-state index contributed by atoms with van der Waals surface area (Å²) in [5.41, 5.74) is 1.12. The number of benzene rings is 2. The lowest BCUT2D eigenvalue weighted by Crippen LogP contribution is -2.57. The topological polar surface area (TPSA) is 56.2 Å². The van der Waals surface area contributed by atoms with Crippen LogP contribution >= 0.6 is 0 Å². The van der Waals surface area contributed by atoms with Crippen molar-refractivity contribution in [3.05, 3.63) is 72.8 Å². The fourth-order valence-corrected chi connectivity index (χ4v) is 4.70. The molecule has 0 aliphatic carbocycles. The number of β-amino-alcohol motifs (C(OH)–C–C–N with tert-alkyl or cyclic N) is 2. The van der Waals surface area contributed by atoms with Gasteiger partial charge in [-0.1, -0.05) is 55.5 Å². The van der Waals surface area contributed by atoms with Crippen LogP contribution in [0.15, 0.2) is 67.3 Å². The van der Waals surface area contributed by atoms with Crippen molar-refractivity contribution in [2.45, 2.75) is 44.1 Å². The number of aliphatic hydroxyl groups excluding tert-OH is 1. The van der Waals surface area contributed by atoms with E-state index in [9.17, 15) is 10.2 Å². The molecule has 2 aromatic carbocycles. The number of nitrogens with zero attached hydrogens (tertiary/aromatic N) is 2. The molecule has 2 aliphatic rings. The van der Waals surface area contributed by atoms with E-state index in [1.807, 2.05) is 42.5 Å². The summed E-state index contributed by atoms with van der Waals surface area (Å²) < 4.78 is 6.10. The van der Waals surface area contributed by atoms with Crippen LogP contribution < -0.4 is 9.64 Å². The summed E-state index contributed by atoms with van der Waals surface area (Å²) in [4.78, 5) is 4.35. The van der Waals surface area contributed by atoms with Crippen LogP contribution in [0, 0.1) is 5.92 Å². The number of aliphatic hydroxyl groups is 2. The Morgan fingerprint density at radius 3 is 2.65 bits per heavy atom. The molecule has 0 amide bonds. The molecule has 0 spiro atoms. The van der Waals surface area contributed by atoms with Gasteiger partial charge in [0.15, 0.2) is 0 Å². The van der Waals surface area contributed by atoms with E-state index in [1.165, 1.54) is 5.56 Å². The molecule has 1 fully saturated rings. The average molecular weight is 423 g/mol. The molecule has 0 radical (unpaired) electrons. The summed E-state index contributed by atoms with van der Waals surface area (Å²) in [6.07, 6.45) is 3.71. The fraction of sp³-hybridized carbons (Fsp3) is 0.462. The summed E-state index contributed by atoms with van der Waals surface area (Å²) in [5.74, 6) is 1.17. The number of para-hydroxylation sites is 2. The van der Waals surface area contributed by atoms with Gasteiger partial charge in [-0.3, -0.25) is 4.90 Å². The lowest BCUT2D eigenvalue weighted by Gasteiger charge is -2.46. The highest BCUT2D eigenvalue weighted by atomic mass is 16.5. The van der Waals surface area contributed by atoms with Gasteiger partial charge in [0.25, 0.3) is 0 Å². The number of allylic oxidation sites excluding steroid dienone is 1. The molecule has 4 unspecified atom stereocenters. The molecular formula is C26H34N2O3. The zero-order chi connectivity index (χ0) is 21.8. The summed E-state index contributed by atoms with van der Waals surface area (Å²) in [6.45, 7) is 8.21. The van der Waals surface area contributed by atoms with Gasteiger partial charge in [0.1, 0.15) is 18.1 Å².